The van der Waals surface area contributed by atoms with E-state index in [2.05, 4.69) is 27.9 Å². The highest BCUT2D eigenvalue weighted by atomic mass is 127. The molecule has 0 unspecified atom stereocenters. The predicted molar refractivity (Wildman–Crippen MR) is 159 cm³/mol. The largest absolute Gasteiger partial charge is 0.493 e. The van der Waals surface area contributed by atoms with Crippen molar-refractivity contribution in [1.29, 1.82) is 0 Å². The van der Waals surface area contributed by atoms with Gasteiger partial charge in [0.15, 0.2) is 16.6 Å². The van der Waals surface area contributed by atoms with Gasteiger partial charge in [-0.05, 0) is 94.8 Å². The number of aryl methyl sites for hydroxylation is 1. The van der Waals surface area contributed by atoms with Crippen LogP contribution in [0.3, 0.4) is 0 Å². The molecule has 1 aliphatic heterocycles. The molecule has 1 fully saturated rings. The van der Waals surface area contributed by atoms with E-state index in [-0.39, 0.29) is 17.3 Å². The van der Waals surface area contributed by atoms with Crippen molar-refractivity contribution in [2.24, 2.45) is 0 Å². The maximum Gasteiger partial charge on any atom is 0.270 e. The minimum Gasteiger partial charge on any atom is -0.493 e. The minimum atomic E-state index is -0.567. The summed E-state index contributed by atoms with van der Waals surface area (Å²) >= 11 is 19.6. The summed E-state index contributed by atoms with van der Waals surface area (Å²) in [6.45, 7) is 2.25. The van der Waals surface area contributed by atoms with E-state index in [9.17, 15) is 9.59 Å². The lowest BCUT2D eigenvalue weighted by molar-refractivity contribution is -0.122. The number of thiocarbonyl (C=S) groups is 1. The van der Waals surface area contributed by atoms with Gasteiger partial charge in [-0.3, -0.25) is 19.8 Å². The molecule has 1 heterocycles. The summed E-state index contributed by atoms with van der Waals surface area (Å²) in [5.74, 6) is -0.127. The van der Waals surface area contributed by atoms with Crippen LogP contribution in [-0.4, -0.2) is 24.0 Å². The van der Waals surface area contributed by atoms with Crippen LogP contribution in [0.2, 0.25) is 10.0 Å². The number of carbonyl (C=O) groups is 2. The number of nitrogens with zero attached hydrogens (tertiary/aromatic N) is 1. The van der Waals surface area contributed by atoms with Crippen LogP contribution in [-0.2, 0) is 22.6 Å². The second-order valence-electron chi connectivity index (χ2n) is 8.04. The highest BCUT2D eigenvalue weighted by Gasteiger charge is 2.34. The summed E-state index contributed by atoms with van der Waals surface area (Å²) in [6.07, 6.45) is 2.38. The van der Waals surface area contributed by atoms with Crippen LogP contribution in [0.4, 0.5) is 5.69 Å². The topological polar surface area (TPSA) is 67.9 Å². The monoisotopic (exact) mass is 666 g/mol. The third-order valence-corrected chi connectivity index (χ3v) is 7.33. The first-order chi connectivity index (χ1) is 17.7. The summed E-state index contributed by atoms with van der Waals surface area (Å²) in [5.41, 5.74) is 3.01. The number of amides is 2. The Labute approximate surface area is 243 Å². The number of halogens is 3. The molecule has 0 aromatic heterocycles. The van der Waals surface area contributed by atoms with Crippen LogP contribution in [0.5, 0.6) is 11.5 Å². The van der Waals surface area contributed by atoms with E-state index >= 15 is 0 Å². The molecule has 190 valence electrons. The van der Waals surface area contributed by atoms with Crippen LogP contribution in [0, 0.1) is 3.57 Å². The van der Waals surface area contributed by atoms with Crippen LogP contribution < -0.4 is 19.7 Å². The highest BCUT2D eigenvalue weighted by molar-refractivity contribution is 14.1. The number of carbonyl (C=O) groups excluding carboxylic acids is 2. The average Bonchev–Trinajstić information content (AvgIpc) is 2.87. The van der Waals surface area contributed by atoms with E-state index in [1.807, 2.05) is 31.2 Å². The fourth-order valence-electron chi connectivity index (χ4n) is 3.69. The number of ether oxygens (including phenoxy) is 2. The molecule has 0 radical (unpaired) electrons. The van der Waals surface area contributed by atoms with E-state index < -0.39 is 11.8 Å². The number of methoxy groups -OCH3 is 1. The molecule has 2 amide bonds. The zero-order valence-electron chi connectivity index (χ0n) is 19.8. The van der Waals surface area contributed by atoms with E-state index in [0.717, 1.165) is 21.1 Å². The third-order valence-electron chi connectivity index (χ3n) is 5.65. The second kappa shape index (κ2) is 11.8. The molecule has 10 heteroatoms. The first kappa shape index (κ1) is 27.4. The first-order valence-electron chi connectivity index (χ1n) is 11.2. The lowest BCUT2D eigenvalue weighted by Crippen LogP contribution is -2.54. The van der Waals surface area contributed by atoms with Gasteiger partial charge in [-0.15, -0.1) is 0 Å². The van der Waals surface area contributed by atoms with Gasteiger partial charge in [-0.1, -0.05) is 48.3 Å². The first-order valence-corrected chi connectivity index (χ1v) is 13.4. The van der Waals surface area contributed by atoms with Crippen molar-refractivity contribution in [2.75, 3.05) is 12.0 Å². The Hall–Kier alpha value is -2.66. The number of anilines is 1. The van der Waals surface area contributed by atoms with Gasteiger partial charge in [0.25, 0.3) is 11.8 Å². The Balaban J connectivity index is 1.63. The Morgan fingerprint density at radius 1 is 1.08 bits per heavy atom. The molecule has 0 bridgehead atoms. The van der Waals surface area contributed by atoms with Crippen molar-refractivity contribution in [3.8, 4) is 11.5 Å². The van der Waals surface area contributed by atoms with Crippen molar-refractivity contribution in [1.82, 2.24) is 5.32 Å². The number of nitrogens with one attached hydrogen (secondary N) is 1. The van der Waals surface area contributed by atoms with E-state index in [1.54, 1.807) is 30.3 Å². The van der Waals surface area contributed by atoms with Crippen molar-refractivity contribution >= 4 is 86.7 Å². The lowest BCUT2D eigenvalue weighted by atomic mass is 10.1. The summed E-state index contributed by atoms with van der Waals surface area (Å²) in [6, 6.07) is 16.1. The summed E-state index contributed by atoms with van der Waals surface area (Å²) in [4.78, 5) is 27.4. The van der Waals surface area contributed by atoms with Gasteiger partial charge in [0.2, 0.25) is 0 Å². The summed E-state index contributed by atoms with van der Waals surface area (Å²) < 4.78 is 12.3. The van der Waals surface area contributed by atoms with Crippen LogP contribution in [0.15, 0.2) is 60.2 Å². The molecule has 0 saturated carbocycles. The zero-order valence-corrected chi connectivity index (χ0v) is 24.3. The van der Waals surface area contributed by atoms with Gasteiger partial charge in [0.1, 0.15) is 12.2 Å². The molecule has 37 heavy (non-hydrogen) atoms. The van der Waals surface area contributed by atoms with Gasteiger partial charge in [-0.25, -0.2) is 0 Å². The number of hydrogen-bond acceptors (Lipinski definition) is 5. The Morgan fingerprint density at radius 2 is 1.81 bits per heavy atom. The molecular formula is C27H21Cl2IN2O4S. The van der Waals surface area contributed by atoms with E-state index in [4.69, 9.17) is 44.9 Å². The molecule has 0 atom stereocenters. The zero-order chi connectivity index (χ0) is 26.7. The standard InChI is InChI=1S/C27H21Cl2IN2O4S/c1-3-15-4-8-19(9-5-15)32-26(34)20(25(33)31-27(32)37)10-16-11-22(30)24(23(12-16)35-2)36-14-17-6-7-18(28)13-21(17)29/h4-13H,3,14H2,1-2H3,(H,31,33,37)/b20-10+. The van der Waals surface area contributed by atoms with Gasteiger partial charge in [0.05, 0.1) is 16.4 Å². The van der Waals surface area contributed by atoms with Crippen molar-refractivity contribution in [3.05, 3.63) is 90.5 Å². The van der Waals surface area contributed by atoms with Gasteiger partial charge >= 0.3 is 0 Å². The van der Waals surface area contributed by atoms with Crippen LogP contribution in [0.25, 0.3) is 6.08 Å². The van der Waals surface area contributed by atoms with Crippen molar-refractivity contribution < 1.29 is 19.1 Å². The maximum atomic E-state index is 13.4. The number of rotatable bonds is 7. The Morgan fingerprint density at radius 3 is 2.46 bits per heavy atom. The normalized spacial score (nSPS) is 14.7. The molecule has 1 N–H and O–H groups in total. The van der Waals surface area contributed by atoms with Gasteiger partial charge in [-0.2, -0.15) is 0 Å². The maximum absolute atomic E-state index is 13.4. The average molecular weight is 667 g/mol. The van der Waals surface area contributed by atoms with Gasteiger partial charge in [0, 0.05) is 15.6 Å². The SMILES string of the molecule is CCc1ccc(N2C(=O)/C(=C/c3cc(I)c(OCc4ccc(Cl)cc4Cl)c(OC)c3)C(=O)NC2=S)cc1. The minimum absolute atomic E-state index is 0.0353. The Bertz CT molecular complexity index is 1430. The fraction of sp³-hybridized carbons (Fsp3) is 0.148. The molecule has 0 aliphatic carbocycles. The highest BCUT2D eigenvalue weighted by Crippen LogP contribution is 2.36. The Kier molecular flexibility index (Phi) is 8.74. The molecule has 6 nitrogen and oxygen atoms in total. The molecule has 0 spiro atoms. The molecule has 3 aromatic carbocycles. The van der Waals surface area contributed by atoms with Crippen molar-refractivity contribution in [2.45, 2.75) is 20.0 Å². The summed E-state index contributed by atoms with van der Waals surface area (Å²) in [7, 11) is 1.52. The second-order valence-corrected chi connectivity index (χ2v) is 10.4. The molecule has 1 saturated heterocycles. The van der Waals surface area contributed by atoms with Crippen LogP contribution >= 0.6 is 58.0 Å². The fourth-order valence-corrected chi connectivity index (χ4v) is 5.22. The van der Waals surface area contributed by atoms with Crippen molar-refractivity contribution in [3.63, 3.8) is 0 Å². The van der Waals surface area contributed by atoms with E-state index in [0.29, 0.717) is 32.8 Å². The van der Waals surface area contributed by atoms with Gasteiger partial charge < -0.3 is 9.47 Å². The predicted octanol–water partition coefficient (Wildman–Crippen LogP) is 6.58. The number of benzene rings is 3. The summed E-state index contributed by atoms with van der Waals surface area (Å²) in [5, 5.41) is 3.68. The quantitative estimate of drug-likeness (QED) is 0.134. The molecule has 1 aliphatic rings. The molecule has 3 aromatic rings. The molecular weight excluding hydrogens is 646 g/mol. The molecule has 4 rings (SSSR count). The lowest BCUT2D eigenvalue weighted by Gasteiger charge is -2.29. The van der Waals surface area contributed by atoms with E-state index in [1.165, 1.54) is 18.1 Å². The smallest absolute Gasteiger partial charge is 0.270 e. The number of hydrogen-bond donors (Lipinski definition) is 1. The van der Waals surface area contributed by atoms with Crippen LogP contribution in [0.1, 0.15) is 23.6 Å². The third kappa shape index (κ3) is 6.09.